The zero-order chi connectivity index (χ0) is 9.02. The molecule has 0 bridgehead atoms. The van der Waals surface area contributed by atoms with E-state index in [1.54, 1.807) is 0 Å². The molecule has 11 heavy (non-hydrogen) atoms. The molecule has 0 unspecified atom stereocenters. The molecule has 0 aliphatic carbocycles. The average Bonchev–Trinajstić information content (AvgIpc) is 2.22. The van der Waals surface area contributed by atoms with E-state index in [0.29, 0.717) is 0 Å². The van der Waals surface area contributed by atoms with Gasteiger partial charge in [0.25, 0.3) is 0 Å². The monoisotopic (exact) mass is 156 g/mol. The Hall–Kier alpha value is -0.500. The number of nitrogens with zero attached hydrogens (tertiary/aromatic N) is 2. The summed E-state index contributed by atoms with van der Waals surface area (Å²) in [7, 11) is 4.19. The first-order valence-corrected chi connectivity index (χ1v) is 4.24. The van der Waals surface area contributed by atoms with Crippen molar-refractivity contribution < 1.29 is 0 Å². The maximum absolute atomic E-state index is 2.20. The largest absolute Gasteiger partial charge is 0.313 e. The van der Waals surface area contributed by atoms with Crippen molar-refractivity contribution >= 4 is 0 Å². The molecule has 1 heterocycles. The molecule has 0 aromatic heterocycles. The van der Waals surface area contributed by atoms with Crippen molar-refractivity contribution in [3.63, 3.8) is 0 Å². The van der Waals surface area contributed by atoms with E-state index in [4.69, 9.17) is 0 Å². The first-order valence-electron chi connectivity index (χ1n) is 4.24. The highest BCUT2D eigenvalue weighted by atomic mass is 15.6. The Balaban J connectivity index is 0.000000461. The molecule has 1 aliphatic heterocycles. The van der Waals surface area contributed by atoms with Crippen LogP contribution in [0, 0.1) is 0 Å². The summed E-state index contributed by atoms with van der Waals surface area (Å²) in [5, 5.41) is 4.38. The molecule has 1 aliphatic rings. The minimum Gasteiger partial charge on any atom is -0.313 e. The molecule has 0 saturated heterocycles. The highest BCUT2D eigenvalue weighted by molar-refractivity contribution is 5.13. The van der Waals surface area contributed by atoms with Crippen molar-refractivity contribution in [1.29, 1.82) is 0 Å². The van der Waals surface area contributed by atoms with Gasteiger partial charge in [-0.15, -0.1) is 0 Å². The number of hydrogen-bond acceptors (Lipinski definition) is 2. The van der Waals surface area contributed by atoms with Crippen LogP contribution in [0.1, 0.15) is 27.7 Å². The SMILES string of the molecule is CC.CC1=C(C)N(C)N(C)C1. The van der Waals surface area contributed by atoms with Crippen molar-refractivity contribution in [3.05, 3.63) is 11.3 Å². The number of hydrogen-bond donors (Lipinski definition) is 0. The Labute approximate surface area is 70.5 Å². The van der Waals surface area contributed by atoms with Crippen molar-refractivity contribution in [3.8, 4) is 0 Å². The lowest BCUT2D eigenvalue weighted by Crippen LogP contribution is -2.29. The summed E-state index contributed by atoms with van der Waals surface area (Å²) in [6.07, 6.45) is 0. The van der Waals surface area contributed by atoms with E-state index in [9.17, 15) is 0 Å². The Morgan fingerprint density at radius 1 is 1.09 bits per heavy atom. The van der Waals surface area contributed by atoms with Gasteiger partial charge in [-0.2, -0.15) is 0 Å². The van der Waals surface area contributed by atoms with Gasteiger partial charge >= 0.3 is 0 Å². The fourth-order valence-electron chi connectivity index (χ4n) is 1.10. The van der Waals surface area contributed by atoms with Crippen LogP contribution < -0.4 is 0 Å². The Morgan fingerprint density at radius 2 is 1.55 bits per heavy atom. The molecule has 0 aromatic rings. The van der Waals surface area contributed by atoms with Gasteiger partial charge in [-0.3, -0.25) is 0 Å². The van der Waals surface area contributed by atoms with Crippen molar-refractivity contribution in [2.24, 2.45) is 0 Å². The molecule has 0 saturated carbocycles. The van der Waals surface area contributed by atoms with Crippen LogP contribution in [0.5, 0.6) is 0 Å². The third kappa shape index (κ3) is 2.22. The van der Waals surface area contributed by atoms with Crippen molar-refractivity contribution in [2.75, 3.05) is 20.6 Å². The van der Waals surface area contributed by atoms with Gasteiger partial charge in [0.2, 0.25) is 0 Å². The maximum atomic E-state index is 2.20. The number of hydrazine groups is 1. The molecule has 0 N–H and O–H groups in total. The number of likely N-dealkylation sites (N-methyl/N-ethyl adjacent to an activating group) is 1. The maximum Gasteiger partial charge on any atom is 0.0405 e. The number of allylic oxidation sites excluding steroid dienone is 1. The van der Waals surface area contributed by atoms with E-state index in [0.717, 1.165) is 6.54 Å². The molecular weight excluding hydrogens is 136 g/mol. The molecule has 0 fully saturated rings. The van der Waals surface area contributed by atoms with Gasteiger partial charge in [0, 0.05) is 26.3 Å². The second-order valence-electron chi connectivity index (χ2n) is 2.71. The zero-order valence-electron chi connectivity index (χ0n) is 8.60. The van der Waals surface area contributed by atoms with Gasteiger partial charge in [0.05, 0.1) is 0 Å². The first-order chi connectivity index (χ1) is 5.13. The zero-order valence-corrected chi connectivity index (χ0v) is 8.60. The lowest BCUT2D eigenvalue weighted by molar-refractivity contribution is 0.102. The van der Waals surface area contributed by atoms with Crippen molar-refractivity contribution in [1.82, 2.24) is 10.0 Å². The first kappa shape index (κ1) is 10.5. The van der Waals surface area contributed by atoms with Gasteiger partial charge in [-0.1, -0.05) is 13.8 Å². The summed E-state index contributed by atoms with van der Waals surface area (Å²) in [5.41, 5.74) is 2.86. The predicted molar refractivity (Wildman–Crippen MR) is 50.1 cm³/mol. The van der Waals surface area contributed by atoms with Crippen LogP contribution in [-0.2, 0) is 0 Å². The molecule has 0 aromatic carbocycles. The van der Waals surface area contributed by atoms with Crippen molar-refractivity contribution in [2.45, 2.75) is 27.7 Å². The summed E-state index contributed by atoms with van der Waals surface area (Å²) >= 11 is 0. The van der Waals surface area contributed by atoms with E-state index in [2.05, 4.69) is 38.0 Å². The minimum atomic E-state index is 1.09. The van der Waals surface area contributed by atoms with Crippen LogP contribution in [0.3, 0.4) is 0 Å². The summed E-state index contributed by atoms with van der Waals surface area (Å²) in [6, 6.07) is 0. The molecule has 2 heteroatoms. The Morgan fingerprint density at radius 3 is 1.64 bits per heavy atom. The lowest BCUT2D eigenvalue weighted by atomic mass is 10.3. The topological polar surface area (TPSA) is 6.48 Å². The average molecular weight is 156 g/mol. The van der Waals surface area contributed by atoms with Gasteiger partial charge < -0.3 is 5.01 Å². The molecule has 0 atom stereocenters. The summed E-state index contributed by atoms with van der Waals surface area (Å²) in [6.45, 7) is 9.41. The molecule has 66 valence electrons. The van der Waals surface area contributed by atoms with Crippen LogP contribution >= 0.6 is 0 Å². The van der Waals surface area contributed by atoms with E-state index in [-0.39, 0.29) is 0 Å². The minimum absolute atomic E-state index is 1.09. The fourth-order valence-corrected chi connectivity index (χ4v) is 1.10. The quantitative estimate of drug-likeness (QED) is 0.530. The number of rotatable bonds is 0. The normalized spacial score (nSPS) is 18.5. The van der Waals surface area contributed by atoms with Crippen LogP contribution in [0.25, 0.3) is 0 Å². The molecule has 0 spiro atoms. The Kier molecular flexibility index (Phi) is 4.19. The van der Waals surface area contributed by atoms with Gasteiger partial charge in [0.1, 0.15) is 0 Å². The van der Waals surface area contributed by atoms with E-state index < -0.39 is 0 Å². The van der Waals surface area contributed by atoms with E-state index >= 15 is 0 Å². The van der Waals surface area contributed by atoms with Crippen LogP contribution in [0.15, 0.2) is 11.3 Å². The fraction of sp³-hybridized carbons (Fsp3) is 0.778. The molecule has 0 radical (unpaired) electrons. The highest BCUT2D eigenvalue weighted by Crippen LogP contribution is 2.17. The molecule has 1 rings (SSSR count). The standard InChI is InChI=1S/C7H14N2.C2H6/c1-6-5-8(3)9(4)7(6)2;1-2/h5H2,1-4H3;1-2H3. The summed E-state index contributed by atoms with van der Waals surface area (Å²) in [5.74, 6) is 0. The highest BCUT2D eigenvalue weighted by Gasteiger charge is 2.16. The molecular formula is C9H20N2. The third-order valence-electron chi connectivity index (χ3n) is 2.08. The van der Waals surface area contributed by atoms with Crippen LogP contribution in [-0.4, -0.2) is 30.7 Å². The predicted octanol–water partition coefficient (Wildman–Crippen LogP) is 2.10. The summed E-state index contributed by atoms with van der Waals surface area (Å²) in [4.78, 5) is 0. The second kappa shape index (κ2) is 4.39. The van der Waals surface area contributed by atoms with E-state index in [1.807, 2.05) is 13.8 Å². The lowest BCUT2D eigenvalue weighted by Gasteiger charge is -2.22. The molecule has 2 nitrogen and oxygen atoms in total. The molecule has 0 amide bonds. The van der Waals surface area contributed by atoms with E-state index in [1.165, 1.54) is 11.3 Å². The van der Waals surface area contributed by atoms with Crippen LogP contribution in [0.4, 0.5) is 0 Å². The third-order valence-corrected chi connectivity index (χ3v) is 2.08. The van der Waals surface area contributed by atoms with Gasteiger partial charge in [-0.25, -0.2) is 5.01 Å². The van der Waals surface area contributed by atoms with Gasteiger partial charge in [0.15, 0.2) is 0 Å². The smallest absolute Gasteiger partial charge is 0.0405 e. The second-order valence-corrected chi connectivity index (χ2v) is 2.71. The summed E-state index contributed by atoms with van der Waals surface area (Å²) < 4.78 is 0. The van der Waals surface area contributed by atoms with Crippen LogP contribution in [0.2, 0.25) is 0 Å². The van der Waals surface area contributed by atoms with Gasteiger partial charge in [-0.05, 0) is 19.4 Å². The Bertz CT molecular complexity index is 150.